The molecule has 0 saturated heterocycles. The van der Waals surface area contributed by atoms with Gasteiger partial charge in [-0.05, 0) is 23.8 Å². The number of aromatic hydroxyl groups is 1. The van der Waals surface area contributed by atoms with Crippen LogP contribution in [0.3, 0.4) is 0 Å². The Morgan fingerprint density at radius 2 is 2.21 bits per heavy atom. The molecule has 1 unspecified atom stereocenters. The van der Waals surface area contributed by atoms with Crippen molar-refractivity contribution in [2.75, 3.05) is 12.3 Å². The maximum atomic E-state index is 11.6. The Balaban J connectivity index is 2.65. The van der Waals surface area contributed by atoms with Crippen molar-refractivity contribution in [1.82, 2.24) is 0 Å². The van der Waals surface area contributed by atoms with Gasteiger partial charge in [-0.15, -0.1) is 0 Å². The summed E-state index contributed by atoms with van der Waals surface area (Å²) < 4.78 is 23.2. The lowest BCUT2D eigenvalue weighted by Crippen LogP contribution is -2.14. The fourth-order valence-electron chi connectivity index (χ4n) is 1.78. The Kier molecular flexibility index (Phi) is 2.01. The minimum Gasteiger partial charge on any atom is -0.508 e. The van der Waals surface area contributed by atoms with Crippen molar-refractivity contribution in [3.63, 3.8) is 0 Å². The van der Waals surface area contributed by atoms with Crippen LogP contribution in [0.2, 0.25) is 0 Å². The molecule has 1 aromatic carbocycles. The van der Waals surface area contributed by atoms with E-state index in [2.05, 4.69) is 0 Å². The molecule has 0 saturated carbocycles. The quantitative estimate of drug-likeness (QED) is 0.699. The van der Waals surface area contributed by atoms with Gasteiger partial charge in [0.2, 0.25) is 0 Å². The summed E-state index contributed by atoms with van der Waals surface area (Å²) in [5.74, 6) is -0.0381. The zero-order valence-electron chi connectivity index (χ0n) is 7.47. The summed E-state index contributed by atoms with van der Waals surface area (Å²) in [6.45, 7) is 0.287. The van der Waals surface area contributed by atoms with Gasteiger partial charge in [-0.3, -0.25) is 0 Å². The number of phenols is 1. The van der Waals surface area contributed by atoms with Gasteiger partial charge in [0.15, 0.2) is 9.84 Å². The SMILES string of the molecule is NCC1CS(=O)(=O)c2ccc(O)cc21. The molecule has 0 amide bonds. The van der Waals surface area contributed by atoms with Crippen LogP contribution in [0, 0.1) is 0 Å². The Bertz CT molecular complexity index is 467. The first-order valence-corrected chi connectivity index (χ1v) is 5.95. The molecule has 2 rings (SSSR count). The fraction of sp³-hybridized carbons (Fsp3) is 0.333. The number of hydrogen-bond donors (Lipinski definition) is 2. The number of sulfone groups is 1. The van der Waals surface area contributed by atoms with Crippen molar-refractivity contribution >= 4 is 9.84 Å². The summed E-state index contributed by atoms with van der Waals surface area (Å²) in [5.41, 5.74) is 6.12. The van der Waals surface area contributed by atoms with E-state index in [0.717, 1.165) is 0 Å². The predicted octanol–water partition coefficient (Wildman–Crippen LogP) is 0.222. The Hall–Kier alpha value is -1.07. The number of rotatable bonds is 1. The van der Waals surface area contributed by atoms with Crippen molar-refractivity contribution in [3.05, 3.63) is 23.8 Å². The molecular formula is C9H11NO3S. The summed E-state index contributed by atoms with van der Waals surface area (Å²) in [5, 5.41) is 9.24. The predicted molar refractivity (Wildman–Crippen MR) is 52.0 cm³/mol. The molecule has 5 heteroatoms. The van der Waals surface area contributed by atoms with Crippen LogP contribution in [0.5, 0.6) is 5.75 Å². The minimum absolute atomic E-state index is 0.0578. The van der Waals surface area contributed by atoms with Crippen molar-refractivity contribution in [2.24, 2.45) is 5.73 Å². The molecule has 1 heterocycles. The Labute approximate surface area is 82.3 Å². The molecule has 76 valence electrons. The van der Waals surface area contributed by atoms with Gasteiger partial charge in [0.25, 0.3) is 0 Å². The maximum Gasteiger partial charge on any atom is 0.179 e. The third-order valence-corrected chi connectivity index (χ3v) is 4.36. The van der Waals surface area contributed by atoms with Gasteiger partial charge in [-0.2, -0.15) is 0 Å². The van der Waals surface area contributed by atoms with Crippen LogP contribution < -0.4 is 5.73 Å². The largest absolute Gasteiger partial charge is 0.508 e. The van der Waals surface area contributed by atoms with E-state index in [1.807, 2.05) is 0 Å². The van der Waals surface area contributed by atoms with Gasteiger partial charge in [-0.1, -0.05) is 0 Å². The average molecular weight is 213 g/mol. The first-order valence-electron chi connectivity index (χ1n) is 4.30. The average Bonchev–Trinajstić information content (AvgIpc) is 2.37. The number of nitrogens with two attached hydrogens (primary N) is 1. The summed E-state index contributed by atoms with van der Waals surface area (Å²) in [4.78, 5) is 0.311. The van der Waals surface area contributed by atoms with Crippen molar-refractivity contribution in [2.45, 2.75) is 10.8 Å². The van der Waals surface area contributed by atoms with Gasteiger partial charge in [-0.25, -0.2) is 8.42 Å². The lowest BCUT2D eigenvalue weighted by molar-refractivity contribution is 0.473. The molecule has 0 aromatic heterocycles. The van der Waals surface area contributed by atoms with Gasteiger partial charge in [0, 0.05) is 12.5 Å². The molecule has 1 atom stereocenters. The molecule has 0 fully saturated rings. The highest BCUT2D eigenvalue weighted by molar-refractivity contribution is 7.91. The summed E-state index contributed by atoms with van der Waals surface area (Å²) >= 11 is 0. The first-order chi connectivity index (χ1) is 6.54. The molecule has 3 N–H and O–H groups in total. The Morgan fingerprint density at radius 3 is 2.86 bits per heavy atom. The maximum absolute atomic E-state index is 11.6. The van der Waals surface area contributed by atoms with E-state index in [1.165, 1.54) is 18.2 Å². The number of benzene rings is 1. The highest BCUT2D eigenvalue weighted by Crippen LogP contribution is 2.36. The van der Waals surface area contributed by atoms with Gasteiger partial charge in [0.05, 0.1) is 10.6 Å². The second kappa shape index (κ2) is 2.96. The fourth-order valence-corrected chi connectivity index (χ4v) is 3.66. The minimum atomic E-state index is -3.17. The second-order valence-corrected chi connectivity index (χ2v) is 5.44. The number of phenolic OH excluding ortho intramolecular Hbond substituents is 1. The van der Waals surface area contributed by atoms with Crippen LogP contribution in [0.25, 0.3) is 0 Å². The molecule has 14 heavy (non-hydrogen) atoms. The first kappa shape index (κ1) is 9.48. The smallest absolute Gasteiger partial charge is 0.179 e. The van der Waals surface area contributed by atoms with E-state index in [-0.39, 0.29) is 24.0 Å². The third-order valence-electron chi connectivity index (χ3n) is 2.47. The van der Waals surface area contributed by atoms with Crippen molar-refractivity contribution in [3.8, 4) is 5.75 Å². The van der Waals surface area contributed by atoms with Gasteiger partial charge in [0.1, 0.15) is 5.75 Å². The lowest BCUT2D eigenvalue weighted by atomic mass is 10.0. The van der Waals surface area contributed by atoms with E-state index >= 15 is 0 Å². The van der Waals surface area contributed by atoms with Crippen molar-refractivity contribution < 1.29 is 13.5 Å². The van der Waals surface area contributed by atoms with Crippen LogP contribution in [-0.2, 0) is 9.84 Å². The van der Waals surface area contributed by atoms with E-state index < -0.39 is 9.84 Å². The van der Waals surface area contributed by atoms with E-state index in [4.69, 9.17) is 5.73 Å². The Morgan fingerprint density at radius 1 is 1.50 bits per heavy atom. The standard InChI is InChI=1S/C9H11NO3S/c10-4-6-5-14(12,13)9-2-1-7(11)3-8(6)9/h1-3,6,11H,4-5,10H2. The topological polar surface area (TPSA) is 80.4 Å². The summed E-state index contributed by atoms with van der Waals surface area (Å²) in [6.07, 6.45) is 0. The van der Waals surface area contributed by atoms with Crippen LogP contribution >= 0.6 is 0 Å². The van der Waals surface area contributed by atoms with Crippen LogP contribution in [-0.4, -0.2) is 25.8 Å². The summed E-state index contributed by atoms with van der Waals surface area (Å²) in [6, 6.07) is 4.31. The van der Waals surface area contributed by atoms with E-state index in [0.29, 0.717) is 10.5 Å². The van der Waals surface area contributed by atoms with Gasteiger partial charge < -0.3 is 10.8 Å². The van der Waals surface area contributed by atoms with Gasteiger partial charge >= 0.3 is 0 Å². The molecule has 1 aromatic rings. The monoisotopic (exact) mass is 213 g/mol. The molecule has 0 bridgehead atoms. The highest BCUT2D eigenvalue weighted by Gasteiger charge is 2.33. The molecule has 1 aliphatic heterocycles. The lowest BCUT2D eigenvalue weighted by Gasteiger charge is -2.05. The zero-order valence-corrected chi connectivity index (χ0v) is 8.29. The second-order valence-electron chi connectivity index (χ2n) is 3.44. The third kappa shape index (κ3) is 1.29. The normalized spacial score (nSPS) is 23.4. The molecular weight excluding hydrogens is 202 g/mol. The molecule has 4 nitrogen and oxygen atoms in total. The van der Waals surface area contributed by atoms with Crippen molar-refractivity contribution in [1.29, 1.82) is 0 Å². The van der Waals surface area contributed by atoms with E-state index in [9.17, 15) is 13.5 Å². The molecule has 0 spiro atoms. The number of fused-ring (bicyclic) bond motifs is 1. The van der Waals surface area contributed by atoms with Crippen LogP contribution in [0.1, 0.15) is 11.5 Å². The number of hydrogen-bond acceptors (Lipinski definition) is 4. The van der Waals surface area contributed by atoms with Crippen LogP contribution in [0.15, 0.2) is 23.1 Å². The highest BCUT2D eigenvalue weighted by atomic mass is 32.2. The summed E-state index contributed by atoms with van der Waals surface area (Å²) in [7, 11) is -3.17. The van der Waals surface area contributed by atoms with E-state index in [1.54, 1.807) is 0 Å². The molecule has 0 aliphatic carbocycles. The molecule has 1 aliphatic rings. The molecule has 0 radical (unpaired) electrons. The van der Waals surface area contributed by atoms with Crippen LogP contribution in [0.4, 0.5) is 0 Å². The zero-order chi connectivity index (χ0) is 10.3.